The van der Waals surface area contributed by atoms with E-state index < -0.39 is 0 Å². The Bertz CT molecular complexity index is 389. The van der Waals surface area contributed by atoms with Crippen molar-refractivity contribution >= 4 is 0 Å². The van der Waals surface area contributed by atoms with Crippen LogP contribution in [0.3, 0.4) is 0 Å². The summed E-state index contributed by atoms with van der Waals surface area (Å²) in [5.74, 6) is 0. The number of nitrogens with one attached hydrogen (secondary N) is 1. The second kappa shape index (κ2) is 5.56. The van der Waals surface area contributed by atoms with Crippen molar-refractivity contribution in [2.45, 2.75) is 57.0 Å². The van der Waals surface area contributed by atoms with Crippen LogP contribution in [0.4, 0.5) is 0 Å². The van der Waals surface area contributed by atoms with Crippen molar-refractivity contribution in [3.63, 3.8) is 0 Å². The maximum absolute atomic E-state index is 5.78. The van der Waals surface area contributed by atoms with E-state index in [0.29, 0.717) is 30.9 Å². The lowest BCUT2D eigenvalue weighted by molar-refractivity contribution is -0.0521. The molecule has 0 spiro atoms. The summed E-state index contributed by atoms with van der Waals surface area (Å²) in [5, 5.41) is 11.6. The van der Waals surface area contributed by atoms with Gasteiger partial charge in [-0.2, -0.15) is 0 Å². The third-order valence-corrected chi connectivity index (χ3v) is 3.84. The van der Waals surface area contributed by atoms with Crippen molar-refractivity contribution in [1.82, 2.24) is 20.3 Å². The predicted molar refractivity (Wildman–Crippen MR) is 69.8 cm³/mol. The zero-order chi connectivity index (χ0) is 13.2. The van der Waals surface area contributed by atoms with Gasteiger partial charge in [0, 0.05) is 12.2 Å². The monoisotopic (exact) mass is 266 g/mol. The lowest BCUT2D eigenvalue weighted by Gasteiger charge is -2.39. The van der Waals surface area contributed by atoms with Gasteiger partial charge in [-0.05, 0) is 26.7 Å². The van der Waals surface area contributed by atoms with Crippen molar-refractivity contribution in [2.24, 2.45) is 0 Å². The standard InChI is InChI=1S/C13H22N4O2/c1-9(2)19-11-5-10(6-11)15-12-7-18-8-13(12)17-4-3-14-16-17/h3-4,9-13,15H,5-8H2,1-2H3/t10?,11?,12-,13+/m0/s1. The average molecular weight is 266 g/mol. The fourth-order valence-electron chi connectivity index (χ4n) is 2.86. The van der Waals surface area contributed by atoms with Gasteiger partial charge in [0.1, 0.15) is 0 Å². The van der Waals surface area contributed by atoms with E-state index in [9.17, 15) is 0 Å². The van der Waals surface area contributed by atoms with Crippen LogP contribution in [0.5, 0.6) is 0 Å². The summed E-state index contributed by atoms with van der Waals surface area (Å²) in [7, 11) is 0. The van der Waals surface area contributed by atoms with Crippen LogP contribution in [0.15, 0.2) is 12.4 Å². The first-order chi connectivity index (χ1) is 9.22. The van der Waals surface area contributed by atoms with Gasteiger partial charge in [0.2, 0.25) is 0 Å². The predicted octanol–water partition coefficient (Wildman–Crippen LogP) is 0.764. The molecule has 1 aliphatic heterocycles. The first kappa shape index (κ1) is 13.0. The van der Waals surface area contributed by atoms with Gasteiger partial charge in [-0.1, -0.05) is 5.21 Å². The third-order valence-electron chi connectivity index (χ3n) is 3.84. The number of aromatic nitrogens is 3. The molecule has 0 aromatic carbocycles. The SMILES string of the molecule is CC(C)OC1CC(N[C@H]2COC[C@H]2n2ccnn2)C1. The van der Waals surface area contributed by atoms with E-state index in [1.54, 1.807) is 6.20 Å². The van der Waals surface area contributed by atoms with Gasteiger partial charge in [0.05, 0.1) is 43.7 Å². The summed E-state index contributed by atoms with van der Waals surface area (Å²) in [6.07, 6.45) is 6.55. The van der Waals surface area contributed by atoms with E-state index in [4.69, 9.17) is 9.47 Å². The molecule has 2 atom stereocenters. The Balaban J connectivity index is 1.48. The molecular weight excluding hydrogens is 244 g/mol. The van der Waals surface area contributed by atoms with Gasteiger partial charge in [0.15, 0.2) is 0 Å². The summed E-state index contributed by atoms with van der Waals surface area (Å²) < 4.78 is 13.2. The number of nitrogens with zero attached hydrogens (tertiary/aromatic N) is 3. The average Bonchev–Trinajstić information content (AvgIpc) is 2.94. The van der Waals surface area contributed by atoms with E-state index in [2.05, 4.69) is 29.5 Å². The Morgan fingerprint density at radius 2 is 2.21 bits per heavy atom. The first-order valence-electron chi connectivity index (χ1n) is 7.07. The lowest BCUT2D eigenvalue weighted by atomic mass is 9.88. The highest BCUT2D eigenvalue weighted by Crippen LogP contribution is 2.27. The molecule has 0 radical (unpaired) electrons. The fraction of sp³-hybridized carbons (Fsp3) is 0.846. The highest BCUT2D eigenvalue weighted by Gasteiger charge is 2.37. The molecule has 1 aromatic heterocycles. The van der Waals surface area contributed by atoms with E-state index in [1.807, 2.05) is 10.9 Å². The van der Waals surface area contributed by atoms with Gasteiger partial charge < -0.3 is 14.8 Å². The van der Waals surface area contributed by atoms with Gasteiger partial charge in [-0.25, -0.2) is 4.68 Å². The summed E-state index contributed by atoms with van der Waals surface area (Å²) in [4.78, 5) is 0. The van der Waals surface area contributed by atoms with Crippen LogP contribution < -0.4 is 5.32 Å². The molecule has 2 fully saturated rings. The molecule has 0 unspecified atom stereocenters. The van der Waals surface area contributed by atoms with Crippen molar-refractivity contribution in [2.75, 3.05) is 13.2 Å². The maximum atomic E-state index is 5.78. The number of ether oxygens (including phenoxy) is 2. The van der Waals surface area contributed by atoms with Crippen LogP contribution >= 0.6 is 0 Å². The highest BCUT2D eigenvalue weighted by molar-refractivity contribution is 4.94. The smallest absolute Gasteiger partial charge is 0.0945 e. The molecule has 1 aliphatic carbocycles. The molecule has 1 saturated carbocycles. The summed E-state index contributed by atoms with van der Waals surface area (Å²) in [6, 6.07) is 1.13. The maximum Gasteiger partial charge on any atom is 0.0945 e. The second-order valence-electron chi connectivity index (χ2n) is 5.74. The Hall–Kier alpha value is -0.980. The van der Waals surface area contributed by atoms with Gasteiger partial charge in [0.25, 0.3) is 0 Å². The van der Waals surface area contributed by atoms with E-state index in [1.165, 1.54) is 0 Å². The minimum atomic E-state index is 0.257. The third kappa shape index (κ3) is 2.96. The number of hydrogen-bond acceptors (Lipinski definition) is 5. The molecule has 0 amide bonds. The Morgan fingerprint density at radius 3 is 2.89 bits per heavy atom. The van der Waals surface area contributed by atoms with Crippen LogP contribution in [-0.4, -0.2) is 52.5 Å². The normalized spacial score (nSPS) is 34.7. The van der Waals surface area contributed by atoms with Crippen LogP contribution in [-0.2, 0) is 9.47 Å². The van der Waals surface area contributed by atoms with Crippen molar-refractivity contribution in [3.05, 3.63) is 12.4 Å². The van der Waals surface area contributed by atoms with Crippen LogP contribution in [0, 0.1) is 0 Å². The summed E-state index contributed by atoms with van der Waals surface area (Å²) in [5.41, 5.74) is 0. The first-order valence-corrected chi connectivity index (χ1v) is 7.07. The van der Waals surface area contributed by atoms with E-state index in [-0.39, 0.29) is 6.04 Å². The molecule has 2 aliphatic rings. The Kier molecular flexibility index (Phi) is 3.81. The topological polar surface area (TPSA) is 61.2 Å². The van der Waals surface area contributed by atoms with Gasteiger partial charge in [-0.3, -0.25) is 0 Å². The molecule has 1 aromatic rings. The Labute approximate surface area is 113 Å². The van der Waals surface area contributed by atoms with Crippen molar-refractivity contribution in [3.8, 4) is 0 Å². The zero-order valence-electron chi connectivity index (χ0n) is 11.5. The van der Waals surface area contributed by atoms with Crippen LogP contribution in [0.2, 0.25) is 0 Å². The van der Waals surface area contributed by atoms with Crippen molar-refractivity contribution in [1.29, 1.82) is 0 Å². The minimum Gasteiger partial charge on any atom is -0.377 e. The molecule has 1 saturated heterocycles. The van der Waals surface area contributed by atoms with Crippen LogP contribution in [0.25, 0.3) is 0 Å². The molecule has 3 rings (SSSR count). The van der Waals surface area contributed by atoms with Gasteiger partial charge in [-0.15, -0.1) is 5.10 Å². The molecule has 19 heavy (non-hydrogen) atoms. The van der Waals surface area contributed by atoms with E-state index >= 15 is 0 Å². The van der Waals surface area contributed by atoms with Crippen molar-refractivity contribution < 1.29 is 9.47 Å². The van der Waals surface area contributed by atoms with Crippen LogP contribution in [0.1, 0.15) is 32.7 Å². The summed E-state index contributed by atoms with van der Waals surface area (Å²) in [6.45, 7) is 5.63. The quantitative estimate of drug-likeness (QED) is 0.852. The minimum absolute atomic E-state index is 0.257. The Morgan fingerprint density at radius 1 is 1.37 bits per heavy atom. The molecular formula is C13H22N4O2. The molecule has 2 heterocycles. The molecule has 1 N–H and O–H groups in total. The zero-order valence-corrected chi connectivity index (χ0v) is 11.5. The van der Waals surface area contributed by atoms with E-state index in [0.717, 1.165) is 19.4 Å². The van der Waals surface area contributed by atoms with Gasteiger partial charge >= 0.3 is 0 Å². The number of rotatable bonds is 5. The molecule has 106 valence electrons. The lowest BCUT2D eigenvalue weighted by Crippen LogP contribution is -2.52. The number of hydrogen-bond donors (Lipinski definition) is 1. The molecule has 6 heteroatoms. The largest absolute Gasteiger partial charge is 0.377 e. The second-order valence-corrected chi connectivity index (χ2v) is 5.74. The highest BCUT2D eigenvalue weighted by atomic mass is 16.5. The summed E-state index contributed by atoms with van der Waals surface area (Å²) >= 11 is 0. The molecule has 0 bridgehead atoms. The fourth-order valence-corrected chi connectivity index (χ4v) is 2.86. The molecule has 6 nitrogen and oxygen atoms in total.